The van der Waals surface area contributed by atoms with Crippen LogP contribution >= 0.6 is 27.3 Å². The monoisotopic (exact) mass is 327 g/mol. The number of nitrogens with zero attached hydrogens (tertiary/aromatic N) is 1. The number of rotatable bonds is 4. The van der Waals surface area contributed by atoms with Crippen molar-refractivity contribution in [2.24, 2.45) is 0 Å². The highest BCUT2D eigenvalue weighted by atomic mass is 79.9. The molecular weight excluding hydrogens is 318 g/mol. The molecular formula is C12H10BrNO3S. The molecule has 0 aliphatic rings. The van der Waals surface area contributed by atoms with Crippen molar-refractivity contribution in [3.8, 4) is 16.3 Å². The minimum absolute atomic E-state index is 0.201. The molecule has 1 heterocycles. The van der Waals surface area contributed by atoms with Crippen LogP contribution in [0.25, 0.3) is 10.6 Å². The molecule has 0 bridgehead atoms. The number of carboxylic acid groups (broad SMARTS) is 1. The second-order valence-electron chi connectivity index (χ2n) is 3.40. The van der Waals surface area contributed by atoms with Crippen LogP contribution in [0.5, 0.6) is 5.75 Å². The number of hydrogen-bond acceptors (Lipinski definition) is 4. The summed E-state index contributed by atoms with van der Waals surface area (Å²) in [5, 5.41) is 9.63. The van der Waals surface area contributed by atoms with Gasteiger partial charge >= 0.3 is 5.97 Å². The van der Waals surface area contributed by atoms with Gasteiger partial charge in [-0.1, -0.05) is 12.1 Å². The van der Waals surface area contributed by atoms with Gasteiger partial charge in [-0.15, -0.1) is 11.3 Å². The third kappa shape index (κ3) is 2.70. The summed E-state index contributed by atoms with van der Waals surface area (Å²) < 4.78 is 5.76. The van der Waals surface area contributed by atoms with Gasteiger partial charge in [-0.3, -0.25) is 0 Å². The van der Waals surface area contributed by atoms with Crippen molar-refractivity contribution < 1.29 is 14.6 Å². The summed E-state index contributed by atoms with van der Waals surface area (Å²) in [5.74, 6) is -0.232. The fourth-order valence-electron chi connectivity index (χ4n) is 1.44. The van der Waals surface area contributed by atoms with E-state index in [1.165, 1.54) is 0 Å². The molecule has 0 fully saturated rings. The Morgan fingerprint density at radius 1 is 1.56 bits per heavy atom. The number of carboxylic acids is 1. The lowest BCUT2D eigenvalue weighted by molar-refractivity contribution is 0.0701. The molecule has 0 saturated carbocycles. The number of aromatic carboxylic acids is 1. The van der Waals surface area contributed by atoms with Gasteiger partial charge in [0.15, 0.2) is 0 Å². The molecule has 2 aromatic rings. The normalized spacial score (nSPS) is 10.3. The first-order chi connectivity index (χ1) is 8.61. The van der Waals surface area contributed by atoms with Crippen molar-refractivity contribution in [1.82, 2.24) is 4.98 Å². The van der Waals surface area contributed by atoms with Crippen LogP contribution in [0.3, 0.4) is 0 Å². The summed E-state index contributed by atoms with van der Waals surface area (Å²) >= 11 is 4.29. The summed E-state index contributed by atoms with van der Waals surface area (Å²) in [6.45, 7) is 2.50. The summed E-state index contributed by atoms with van der Waals surface area (Å²) in [7, 11) is 0. The molecule has 6 heteroatoms. The lowest BCUT2D eigenvalue weighted by Crippen LogP contribution is -1.91. The molecule has 18 heavy (non-hydrogen) atoms. The van der Waals surface area contributed by atoms with Gasteiger partial charge < -0.3 is 9.84 Å². The number of hydrogen-bond donors (Lipinski definition) is 1. The Morgan fingerprint density at radius 3 is 2.94 bits per heavy atom. The second-order valence-corrected chi connectivity index (χ2v) is 5.16. The predicted molar refractivity (Wildman–Crippen MR) is 73.4 cm³/mol. The zero-order valence-corrected chi connectivity index (χ0v) is 11.9. The third-order valence-corrected chi connectivity index (χ3v) is 4.10. The van der Waals surface area contributed by atoms with Crippen LogP contribution in [-0.4, -0.2) is 22.7 Å². The Morgan fingerprint density at radius 2 is 2.33 bits per heavy atom. The minimum Gasteiger partial charge on any atom is -0.494 e. The van der Waals surface area contributed by atoms with E-state index in [2.05, 4.69) is 20.9 Å². The van der Waals surface area contributed by atoms with Crippen molar-refractivity contribution in [2.45, 2.75) is 6.92 Å². The van der Waals surface area contributed by atoms with E-state index in [4.69, 9.17) is 9.84 Å². The molecule has 0 spiro atoms. The van der Waals surface area contributed by atoms with E-state index in [1.807, 2.05) is 31.2 Å². The Balaban J connectivity index is 2.39. The Bertz CT molecular complexity index is 582. The van der Waals surface area contributed by atoms with Gasteiger partial charge in [0.05, 0.1) is 6.61 Å². The standard InChI is InChI=1S/C12H10BrNO3S/c1-2-17-8-5-3-4-7(6-8)11-14-10(13)9(18-11)12(15)16/h3-6H,2H2,1H3,(H,15,16). The van der Waals surface area contributed by atoms with Gasteiger partial charge in [-0.25, -0.2) is 9.78 Å². The van der Waals surface area contributed by atoms with Crippen molar-refractivity contribution in [2.75, 3.05) is 6.61 Å². The third-order valence-electron chi connectivity index (χ3n) is 2.17. The summed E-state index contributed by atoms with van der Waals surface area (Å²) in [6, 6.07) is 7.43. The van der Waals surface area contributed by atoms with Crippen molar-refractivity contribution in [3.63, 3.8) is 0 Å². The summed E-state index contributed by atoms with van der Waals surface area (Å²) in [5.41, 5.74) is 0.846. The van der Waals surface area contributed by atoms with Crippen molar-refractivity contribution in [3.05, 3.63) is 33.7 Å². The maximum atomic E-state index is 11.0. The highest BCUT2D eigenvalue weighted by Gasteiger charge is 2.16. The van der Waals surface area contributed by atoms with Gasteiger partial charge in [-0.05, 0) is 35.0 Å². The van der Waals surface area contributed by atoms with Crippen LogP contribution < -0.4 is 4.74 Å². The maximum Gasteiger partial charge on any atom is 0.348 e. The Kier molecular flexibility index (Phi) is 3.98. The molecule has 0 radical (unpaired) electrons. The van der Waals surface area contributed by atoms with E-state index >= 15 is 0 Å². The lowest BCUT2D eigenvalue weighted by Gasteiger charge is -2.03. The van der Waals surface area contributed by atoms with Crippen LogP contribution in [0.4, 0.5) is 0 Å². The molecule has 94 valence electrons. The first-order valence-corrected chi connectivity index (χ1v) is 6.85. The molecule has 1 aromatic carbocycles. The van der Waals surface area contributed by atoms with Gasteiger partial charge in [0, 0.05) is 5.56 Å². The van der Waals surface area contributed by atoms with Crippen LogP contribution in [0, 0.1) is 0 Å². The van der Waals surface area contributed by atoms with E-state index < -0.39 is 5.97 Å². The molecule has 0 saturated heterocycles. The van der Waals surface area contributed by atoms with Crippen LogP contribution in [-0.2, 0) is 0 Å². The largest absolute Gasteiger partial charge is 0.494 e. The average molecular weight is 328 g/mol. The van der Waals surface area contributed by atoms with E-state index in [9.17, 15) is 4.79 Å². The molecule has 0 aliphatic carbocycles. The predicted octanol–water partition coefficient (Wildman–Crippen LogP) is 3.67. The van der Waals surface area contributed by atoms with E-state index in [0.717, 1.165) is 22.6 Å². The van der Waals surface area contributed by atoms with Gasteiger partial charge in [0.25, 0.3) is 0 Å². The fourth-order valence-corrected chi connectivity index (χ4v) is 2.94. The van der Waals surface area contributed by atoms with Crippen molar-refractivity contribution >= 4 is 33.2 Å². The lowest BCUT2D eigenvalue weighted by atomic mass is 10.2. The highest BCUT2D eigenvalue weighted by molar-refractivity contribution is 9.10. The van der Waals surface area contributed by atoms with E-state index in [1.54, 1.807) is 0 Å². The molecule has 2 rings (SSSR count). The Labute approximate surface area is 116 Å². The molecule has 1 N–H and O–H groups in total. The average Bonchev–Trinajstić information content (AvgIpc) is 2.72. The SMILES string of the molecule is CCOc1cccc(-c2nc(Br)c(C(=O)O)s2)c1. The molecule has 4 nitrogen and oxygen atoms in total. The molecule has 0 amide bonds. The summed E-state index contributed by atoms with van der Waals surface area (Å²) in [4.78, 5) is 15.4. The molecule has 0 aliphatic heterocycles. The minimum atomic E-state index is -0.980. The number of thiazole rings is 1. The summed E-state index contributed by atoms with van der Waals surface area (Å²) in [6.07, 6.45) is 0. The van der Waals surface area contributed by atoms with Gasteiger partial charge in [0.2, 0.25) is 0 Å². The van der Waals surface area contributed by atoms with Crippen LogP contribution in [0.15, 0.2) is 28.9 Å². The van der Waals surface area contributed by atoms with Crippen LogP contribution in [0.1, 0.15) is 16.6 Å². The number of halogens is 1. The number of carbonyl (C=O) groups is 1. The van der Waals surface area contributed by atoms with Gasteiger partial charge in [-0.2, -0.15) is 0 Å². The number of aromatic nitrogens is 1. The quantitative estimate of drug-likeness (QED) is 0.930. The topological polar surface area (TPSA) is 59.4 Å². The molecule has 0 unspecified atom stereocenters. The van der Waals surface area contributed by atoms with Crippen LogP contribution in [0.2, 0.25) is 0 Å². The van der Waals surface area contributed by atoms with Gasteiger partial charge in [0.1, 0.15) is 20.2 Å². The van der Waals surface area contributed by atoms with E-state index in [-0.39, 0.29) is 4.88 Å². The molecule has 1 aromatic heterocycles. The zero-order chi connectivity index (χ0) is 13.1. The second kappa shape index (κ2) is 5.49. The number of benzene rings is 1. The smallest absolute Gasteiger partial charge is 0.348 e. The van der Waals surface area contributed by atoms with Crippen molar-refractivity contribution in [1.29, 1.82) is 0 Å². The fraction of sp³-hybridized carbons (Fsp3) is 0.167. The first-order valence-electron chi connectivity index (χ1n) is 5.24. The highest BCUT2D eigenvalue weighted by Crippen LogP contribution is 2.32. The Hall–Kier alpha value is -1.40. The zero-order valence-electron chi connectivity index (χ0n) is 9.51. The first kappa shape index (κ1) is 13.0. The van der Waals surface area contributed by atoms with E-state index in [0.29, 0.717) is 16.2 Å². The maximum absolute atomic E-state index is 11.0. The number of ether oxygens (including phenoxy) is 1. The molecule has 0 atom stereocenters.